The average Bonchev–Trinajstić information content (AvgIpc) is 2.99. The molecule has 3 atom stereocenters. The molecular weight excluding hydrogens is 268 g/mol. The van der Waals surface area contributed by atoms with E-state index in [9.17, 15) is 4.79 Å². The number of amides is 2. The number of aromatic nitrogens is 2. The summed E-state index contributed by atoms with van der Waals surface area (Å²) in [5.41, 5.74) is 0. The zero-order valence-corrected chi connectivity index (χ0v) is 12.7. The van der Waals surface area contributed by atoms with Crippen LogP contribution >= 0.6 is 0 Å². The summed E-state index contributed by atoms with van der Waals surface area (Å²) in [5, 5.41) is 19.2. The highest BCUT2D eigenvalue weighted by atomic mass is 16.3. The van der Waals surface area contributed by atoms with Gasteiger partial charge in [0.15, 0.2) is 0 Å². The number of hydrogen-bond acceptors (Lipinski definition) is 3. The first-order valence-corrected chi connectivity index (χ1v) is 7.87. The molecule has 2 rings (SSSR count). The Kier molecular flexibility index (Phi) is 6.04. The first kappa shape index (κ1) is 15.8. The Morgan fingerprint density at radius 3 is 3.00 bits per heavy atom. The van der Waals surface area contributed by atoms with E-state index in [0.29, 0.717) is 6.42 Å². The maximum Gasteiger partial charge on any atom is 0.315 e. The van der Waals surface area contributed by atoms with Gasteiger partial charge in [0, 0.05) is 25.0 Å². The first-order valence-electron chi connectivity index (χ1n) is 7.87. The Hall–Kier alpha value is -1.56. The molecule has 0 aliphatic heterocycles. The van der Waals surface area contributed by atoms with E-state index in [1.165, 1.54) is 6.42 Å². The van der Waals surface area contributed by atoms with Crippen LogP contribution in [-0.4, -0.2) is 39.6 Å². The summed E-state index contributed by atoms with van der Waals surface area (Å²) in [6, 6.07) is 2.24. The van der Waals surface area contributed by atoms with Crippen LogP contribution in [0.2, 0.25) is 0 Å². The summed E-state index contributed by atoms with van der Waals surface area (Å²) in [5.74, 6) is 0. The predicted octanol–water partition coefficient (Wildman–Crippen LogP) is 1.83. The van der Waals surface area contributed by atoms with Gasteiger partial charge in [-0.1, -0.05) is 12.8 Å². The van der Waals surface area contributed by atoms with Crippen LogP contribution in [0.1, 0.15) is 51.5 Å². The number of hydrogen-bond donors (Lipinski definition) is 3. The highest BCUT2D eigenvalue weighted by Crippen LogP contribution is 2.27. The van der Waals surface area contributed by atoms with Crippen molar-refractivity contribution in [1.29, 1.82) is 0 Å². The van der Waals surface area contributed by atoms with Gasteiger partial charge >= 0.3 is 6.03 Å². The second-order valence-electron chi connectivity index (χ2n) is 5.83. The summed E-state index contributed by atoms with van der Waals surface area (Å²) in [6.07, 6.45) is 9.60. The Labute approximate surface area is 125 Å². The fraction of sp³-hybridized carbons (Fsp3) is 0.733. The summed E-state index contributed by atoms with van der Waals surface area (Å²) >= 11 is 0. The normalized spacial score (nSPS) is 23.5. The molecule has 0 aromatic carbocycles. The van der Waals surface area contributed by atoms with E-state index >= 15 is 0 Å². The minimum atomic E-state index is -0.121. The zero-order valence-electron chi connectivity index (χ0n) is 12.7. The molecule has 118 valence electrons. The highest BCUT2D eigenvalue weighted by Gasteiger charge is 2.28. The quantitative estimate of drug-likeness (QED) is 0.749. The molecule has 1 heterocycles. The third kappa shape index (κ3) is 4.74. The molecular formula is C15H26N4O2. The smallest absolute Gasteiger partial charge is 0.315 e. The largest absolute Gasteiger partial charge is 0.396 e. The van der Waals surface area contributed by atoms with Crippen LogP contribution in [0.4, 0.5) is 4.79 Å². The summed E-state index contributed by atoms with van der Waals surface area (Å²) in [7, 11) is 0. The lowest BCUT2D eigenvalue weighted by Gasteiger charge is -2.32. The molecule has 0 saturated heterocycles. The number of urea groups is 1. The Balaban J connectivity index is 1.86. The van der Waals surface area contributed by atoms with Gasteiger partial charge in [0.25, 0.3) is 0 Å². The van der Waals surface area contributed by atoms with Crippen molar-refractivity contribution in [2.45, 2.75) is 63.6 Å². The minimum Gasteiger partial charge on any atom is -0.396 e. The second kappa shape index (κ2) is 8.02. The predicted molar refractivity (Wildman–Crippen MR) is 81.0 cm³/mol. The van der Waals surface area contributed by atoms with Crippen LogP contribution in [0.15, 0.2) is 18.5 Å². The third-order valence-electron chi connectivity index (χ3n) is 4.08. The number of rotatable bonds is 6. The molecule has 0 bridgehead atoms. The second-order valence-corrected chi connectivity index (χ2v) is 5.83. The standard InChI is InChI=1S/C15H26N4O2/c1-12(6-4-11-20)17-15(21)18-13-7-2-3-8-14(13)19-10-5-9-16-19/h5,9-10,12-14,20H,2-4,6-8,11H2,1H3,(H2,17,18,21). The monoisotopic (exact) mass is 294 g/mol. The van der Waals surface area contributed by atoms with Gasteiger partial charge in [-0.05, 0) is 38.7 Å². The average molecular weight is 294 g/mol. The summed E-state index contributed by atoms with van der Waals surface area (Å²) < 4.78 is 1.96. The van der Waals surface area contributed by atoms with Crippen molar-refractivity contribution in [3.8, 4) is 0 Å². The molecule has 1 aromatic rings. The van der Waals surface area contributed by atoms with Crippen molar-refractivity contribution >= 4 is 6.03 Å². The topological polar surface area (TPSA) is 79.2 Å². The van der Waals surface area contributed by atoms with Gasteiger partial charge in [0.05, 0.1) is 12.1 Å². The van der Waals surface area contributed by atoms with Crippen molar-refractivity contribution in [3.05, 3.63) is 18.5 Å². The van der Waals surface area contributed by atoms with Crippen LogP contribution in [-0.2, 0) is 0 Å². The maximum atomic E-state index is 12.1. The molecule has 1 aliphatic carbocycles. The van der Waals surface area contributed by atoms with E-state index in [1.54, 1.807) is 6.20 Å². The van der Waals surface area contributed by atoms with Crippen molar-refractivity contribution < 1.29 is 9.90 Å². The lowest BCUT2D eigenvalue weighted by atomic mass is 9.90. The van der Waals surface area contributed by atoms with Gasteiger partial charge in [-0.15, -0.1) is 0 Å². The fourth-order valence-electron chi connectivity index (χ4n) is 2.98. The first-order chi connectivity index (χ1) is 10.2. The highest BCUT2D eigenvalue weighted by molar-refractivity contribution is 5.74. The van der Waals surface area contributed by atoms with Crippen molar-refractivity contribution in [3.63, 3.8) is 0 Å². The van der Waals surface area contributed by atoms with E-state index < -0.39 is 0 Å². The lowest BCUT2D eigenvalue weighted by Crippen LogP contribution is -2.49. The van der Waals surface area contributed by atoms with Gasteiger partial charge in [-0.3, -0.25) is 4.68 Å². The van der Waals surface area contributed by atoms with Gasteiger partial charge in [-0.25, -0.2) is 4.79 Å². The molecule has 0 spiro atoms. The molecule has 3 unspecified atom stereocenters. The number of aliphatic hydroxyl groups is 1. The molecule has 1 saturated carbocycles. The maximum absolute atomic E-state index is 12.1. The molecule has 6 nitrogen and oxygen atoms in total. The number of nitrogens with zero attached hydrogens (tertiary/aromatic N) is 2. The summed E-state index contributed by atoms with van der Waals surface area (Å²) in [4.78, 5) is 12.1. The third-order valence-corrected chi connectivity index (χ3v) is 4.08. The van der Waals surface area contributed by atoms with Crippen molar-refractivity contribution in [2.24, 2.45) is 0 Å². The summed E-state index contributed by atoms with van der Waals surface area (Å²) in [6.45, 7) is 2.12. The van der Waals surface area contributed by atoms with Crippen LogP contribution in [0.3, 0.4) is 0 Å². The fourth-order valence-corrected chi connectivity index (χ4v) is 2.98. The lowest BCUT2D eigenvalue weighted by molar-refractivity contribution is 0.209. The van der Waals surface area contributed by atoms with Crippen LogP contribution < -0.4 is 10.6 Å². The SMILES string of the molecule is CC(CCCO)NC(=O)NC1CCCCC1n1cccn1. The van der Waals surface area contributed by atoms with Crippen molar-refractivity contribution in [1.82, 2.24) is 20.4 Å². The van der Waals surface area contributed by atoms with Crippen molar-refractivity contribution in [2.75, 3.05) is 6.61 Å². The molecule has 6 heteroatoms. The molecule has 1 aromatic heterocycles. The number of carbonyl (C=O) groups is 1. The van der Waals surface area contributed by atoms with E-state index in [0.717, 1.165) is 25.7 Å². The molecule has 1 aliphatic rings. The zero-order chi connectivity index (χ0) is 15.1. The van der Waals surface area contributed by atoms with Gasteiger partial charge in [0.1, 0.15) is 0 Å². The Morgan fingerprint density at radius 2 is 2.29 bits per heavy atom. The Morgan fingerprint density at radius 1 is 1.48 bits per heavy atom. The van der Waals surface area contributed by atoms with E-state index in [2.05, 4.69) is 15.7 Å². The van der Waals surface area contributed by atoms with E-state index in [1.807, 2.05) is 23.9 Å². The molecule has 3 N–H and O–H groups in total. The minimum absolute atomic E-state index is 0.0730. The van der Waals surface area contributed by atoms with Gasteiger partial charge in [-0.2, -0.15) is 5.10 Å². The van der Waals surface area contributed by atoms with Crippen LogP contribution in [0, 0.1) is 0 Å². The van der Waals surface area contributed by atoms with Gasteiger partial charge in [0.2, 0.25) is 0 Å². The number of nitrogens with one attached hydrogen (secondary N) is 2. The number of carbonyl (C=O) groups excluding carboxylic acids is 1. The van der Waals surface area contributed by atoms with Crippen LogP contribution in [0.5, 0.6) is 0 Å². The molecule has 0 radical (unpaired) electrons. The Bertz CT molecular complexity index is 421. The molecule has 21 heavy (non-hydrogen) atoms. The molecule has 2 amide bonds. The molecule has 1 fully saturated rings. The number of aliphatic hydroxyl groups excluding tert-OH is 1. The van der Waals surface area contributed by atoms with Gasteiger partial charge < -0.3 is 15.7 Å². The van der Waals surface area contributed by atoms with E-state index in [-0.39, 0.29) is 30.8 Å². The van der Waals surface area contributed by atoms with E-state index in [4.69, 9.17) is 5.11 Å². The van der Waals surface area contributed by atoms with Crippen LogP contribution in [0.25, 0.3) is 0 Å².